The molecule has 1 atom stereocenters. The molecule has 1 unspecified atom stereocenters. The zero-order valence-electron chi connectivity index (χ0n) is 11.2. The van der Waals surface area contributed by atoms with Crippen LogP contribution in [0.5, 0.6) is 5.75 Å². The summed E-state index contributed by atoms with van der Waals surface area (Å²) in [5.41, 5.74) is 2.42. The molecule has 2 aromatic rings. The fourth-order valence-corrected chi connectivity index (χ4v) is 3.41. The minimum Gasteiger partial charge on any atom is -0.493 e. The van der Waals surface area contributed by atoms with E-state index in [9.17, 15) is 0 Å². The maximum atomic E-state index is 5.74. The van der Waals surface area contributed by atoms with E-state index in [4.69, 9.17) is 4.74 Å². The van der Waals surface area contributed by atoms with Gasteiger partial charge in [-0.05, 0) is 36.6 Å². The molecule has 0 spiro atoms. The number of hydrogen-bond donors (Lipinski definition) is 1. The van der Waals surface area contributed by atoms with Gasteiger partial charge in [0.15, 0.2) is 0 Å². The second kappa shape index (κ2) is 6.10. The summed E-state index contributed by atoms with van der Waals surface area (Å²) in [6.45, 7) is 0.758. The summed E-state index contributed by atoms with van der Waals surface area (Å²) in [6.07, 6.45) is 3.08. The summed E-state index contributed by atoms with van der Waals surface area (Å²) in [4.78, 5) is 1.27. The van der Waals surface area contributed by atoms with Gasteiger partial charge in [0.05, 0.1) is 12.6 Å². The molecule has 1 N–H and O–H groups in total. The Morgan fingerprint density at radius 3 is 2.95 bits per heavy atom. The Kier molecular flexibility index (Phi) is 4.22. The first kappa shape index (κ1) is 13.8. The molecular formula is C16H16BrNOS. The van der Waals surface area contributed by atoms with Crippen LogP contribution in [0.3, 0.4) is 0 Å². The quantitative estimate of drug-likeness (QED) is 0.778. The molecule has 2 aromatic carbocycles. The molecule has 0 saturated carbocycles. The van der Waals surface area contributed by atoms with Crippen molar-refractivity contribution in [1.82, 2.24) is 0 Å². The lowest BCUT2D eigenvalue weighted by Crippen LogP contribution is -2.20. The number of hydrogen-bond acceptors (Lipinski definition) is 3. The standard InChI is InChI=1S/C16H16BrNOS/c1-20-16-5-3-2-4-14(16)18-13-8-9-19-15-7-6-11(17)10-12(13)15/h2-7,10,13,18H,8-9H2,1H3. The Bertz CT molecular complexity index is 617. The molecule has 104 valence electrons. The molecule has 4 heteroatoms. The molecule has 1 heterocycles. The lowest BCUT2D eigenvalue weighted by molar-refractivity contribution is 0.274. The van der Waals surface area contributed by atoms with E-state index in [2.05, 4.69) is 57.8 Å². The molecule has 0 radical (unpaired) electrons. The van der Waals surface area contributed by atoms with Crippen molar-refractivity contribution in [2.45, 2.75) is 17.4 Å². The van der Waals surface area contributed by atoms with Gasteiger partial charge < -0.3 is 10.1 Å². The number of benzene rings is 2. The van der Waals surface area contributed by atoms with Gasteiger partial charge in [0.2, 0.25) is 0 Å². The van der Waals surface area contributed by atoms with Gasteiger partial charge in [-0.1, -0.05) is 28.1 Å². The van der Waals surface area contributed by atoms with Crippen LogP contribution in [0.25, 0.3) is 0 Å². The average Bonchev–Trinajstić information content (AvgIpc) is 2.48. The first-order valence-corrected chi connectivity index (χ1v) is 8.61. The van der Waals surface area contributed by atoms with Crippen LogP contribution in [0.2, 0.25) is 0 Å². The Morgan fingerprint density at radius 1 is 1.25 bits per heavy atom. The zero-order chi connectivity index (χ0) is 13.9. The molecule has 2 nitrogen and oxygen atoms in total. The molecule has 3 rings (SSSR count). The number of halogens is 1. The number of ether oxygens (including phenoxy) is 1. The summed E-state index contributed by atoms with van der Waals surface area (Å²) >= 11 is 5.31. The summed E-state index contributed by atoms with van der Waals surface area (Å²) < 4.78 is 6.83. The van der Waals surface area contributed by atoms with Gasteiger partial charge in [0, 0.05) is 27.0 Å². The molecular weight excluding hydrogens is 334 g/mol. The van der Waals surface area contributed by atoms with Crippen molar-refractivity contribution < 1.29 is 4.74 Å². The molecule has 0 aromatic heterocycles. The molecule has 1 aliphatic rings. The number of nitrogens with one attached hydrogen (secondary N) is 1. The van der Waals surface area contributed by atoms with Crippen molar-refractivity contribution in [2.24, 2.45) is 0 Å². The monoisotopic (exact) mass is 349 g/mol. The van der Waals surface area contributed by atoms with Crippen LogP contribution >= 0.6 is 27.7 Å². The molecule has 0 saturated heterocycles. The first-order valence-electron chi connectivity index (χ1n) is 6.60. The Labute approximate surface area is 132 Å². The topological polar surface area (TPSA) is 21.3 Å². The van der Waals surface area contributed by atoms with Crippen molar-refractivity contribution in [3.8, 4) is 5.75 Å². The van der Waals surface area contributed by atoms with Crippen LogP contribution in [-0.4, -0.2) is 12.9 Å². The number of fused-ring (bicyclic) bond motifs is 1. The third-order valence-corrected chi connectivity index (χ3v) is 4.74. The Balaban J connectivity index is 1.91. The van der Waals surface area contributed by atoms with Crippen molar-refractivity contribution in [1.29, 1.82) is 0 Å². The minimum absolute atomic E-state index is 0.296. The SMILES string of the molecule is CSc1ccccc1NC1CCOc2ccc(Br)cc21. The first-order chi connectivity index (χ1) is 9.78. The summed E-state index contributed by atoms with van der Waals surface area (Å²) in [6, 6.07) is 14.9. The van der Waals surface area contributed by atoms with E-state index < -0.39 is 0 Å². The molecule has 1 aliphatic heterocycles. The van der Waals surface area contributed by atoms with E-state index >= 15 is 0 Å². The fourth-order valence-electron chi connectivity index (χ4n) is 2.47. The normalized spacial score (nSPS) is 17.2. The van der Waals surface area contributed by atoms with E-state index in [1.165, 1.54) is 16.1 Å². The number of thioether (sulfide) groups is 1. The summed E-state index contributed by atoms with van der Waals surface area (Å²) in [5, 5.41) is 3.66. The second-order valence-corrected chi connectivity index (χ2v) is 6.48. The van der Waals surface area contributed by atoms with E-state index in [1.54, 1.807) is 11.8 Å². The number of para-hydroxylation sites is 1. The largest absolute Gasteiger partial charge is 0.493 e. The minimum atomic E-state index is 0.296. The van der Waals surface area contributed by atoms with E-state index in [-0.39, 0.29) is 0 Å². The Morgan fingerprint density at radius 2 is 2.10 bits per heavy atom. The van der Waals surface area contributed by atoms with Gasteiger partial charge in [0.1, 0.15) is 5.75 Å². The summed E-state index contributed by atoms with van der Waals surface area (Å²) in [7, 11) is 0. The maximum absolute atomic E-state index is 5.74. The van der Waals surface area contributed by atoms with Gasteiger partial charge in [-0.2, -0.15) is 0 Å². The summed E-state index contributed by atoms with van der Waals surface area (Å²) in [5.74, 6) is 0.985. The zero-order valence-corrected chi connectivity index (χ0v) is 13.6. The molecule has 0 amide bonds. The third kappa shape index (κ3) is 2.81. The predicted molar refractivity (Wildman–Crippen MR) is 88.8 cm³/mol. The molecule has 0 aliphatic carbocycles. The van der Waals surface area contributed by atoms with Gasteiger partial charge in [-0.15, -0.1) is 11.8 Å². The van der Waals surface area contributed by atoms with Gasteiger partial charge in [-0.25, -0.2) is 0 Å². The van der Waals surface area contributed by atoms with Crippen molar-refractivity contribution in [3.05, 3.63) is 52.5 Å². The predicted octanol–water partition coefficient (Wildman–Crippen LogP) is 5.11. The highest BCUT2D eigenvalue weighted by Crippen LogP contribution is 2.37. The molecule has 20 heavy (non-hydrogen) atoms. The maximum Gasteiger partial charge on any atom is 0.124 e. The van der Waals surface area contributed by atoms with Crippen LogP contribution in [0.1, 0.15) is 18.0 Å². The van der Waals surface area contributed by atoms with Gasteiger partial charge in [-0.3, -0.25) is 0 Å². The fraction of sp³-hybridized carbons (Fsp3) is 0.250. The lowest BCUT2D eigenvalue weighted by atomic mass is 10.0. The molecule has 0 fully saturated rings. The Hall–Kier alpha value is -1.13. The second-order valence-electron chi connectivity index (χ2n) is 4.72. The van der Waals surface area contributed by atoms with Crippen LogP contribution in [0.15, 0.2) is 51.8 Å². The van der Waals surface area contributed by atoms with E-state index in [0.29, 0.717) is 6.04 Å². The van der Waals surface area contributed by atoms with E-state index in [1.807, 2.05) is 12.1 Å². The highest BCUT2D eigenvalue weighted by atomic mass is 79.9. The average molecular weight is 350 g/mol. The molecule has 0 bridgehead atoms. The van der Waals surface area contributed by atoms with Crippen molar-refractivity contribution >= 4 is 33.4 Å². The smallest absolute Gasteiger partial charge is 0.124 e. The highest BCUT2D eigenvalue weighted by Gasteiger charge is 2.22. The number of anilines is 1. The lowest BCUT2D eigenvalue weighted by Gasteiger charge is -2.28. The van der Waals surface area contributed by atoms with E-state index in [0.717, 1.165) is 23.2 Å². The van der Waals surface area contributed by atoms with Crippen molar-refractivity contribution in [2.75, 3.05) is 18.2 Å². The third-order valence-electron chi connectivity index (χ3n) is 3.45. The van der Waals surface area contributed by atoms with Crippen LogP contribution < -0.4 is 10.1 Å². The van der Waals surface area contributed by atoms with Gasteiger partial charge in [0.25, 0.3) is 0 Å². The van der Waals surface area contributed by atoms with Gasteiger partial charge >= 0.3 is 0 Å². The van der Waals surface area contributed by atoms with Crippen LogP contribution in [0, 0.1) is 0 Å². The number of rotatable bonds is 3. The highest BCUT2D eigenvalue weighted by molar-refractivity contribution is 9.10. The van der Waals surface area contributed by atoms with Crippen LogP contribution in [0.4, 0.5) is 5.69 Å². The van der Waals surface area contributed by atoms with Crippen LogP contribution in [-0.2, 0) is 0 Å². The van der Waals surface area contributed by atoms with Crippen molar-refractivity contribution in [3.63, 3.8) is 0 Å².